The Labute approximate surface area is 127 Å². The van der Waals surface area contributed by atoms with Crippen LogP contribution < -0.4 is 5.32 Å². The number of hydrogen-bond acceptors (Lipinski definition) is 2. The summed E-state index contributed by atoms with van der Waals surface area (Å²) in [6, 6.07) is 7.10. The van der Waals surface area contributed by atoms with Crippen molar-refractivity contribution in [3.63, 3.8) is 0 Å². The van der Waals surface area contributed by atoms with Crippen molar-refractivity contribution in [1.82, 2.24) is 15.1 Å². The highest BCUT2D eigenvalue weighted by Gasteiger charge is 2.15. The summed E-state index contributed by atoms with van der Waals surface area (Å²) in [5.74, 6) is -0.218. The van der Waals surface area contributed by atoms with Crippen molar-refractivity contribution in [1.29, 1.82) is 0 Å². The smallest absolute Gasteiger partial charge is 0.124 e. The number of nitrogens with one attached hydrogen (secondary N) is 1. The molecule has 0 aliphatic carbocycles. The fourth-order valence-corrected chi connectivity index (χ4v) is 2.70. The van der Waals surface area contributed by atoms with Gasteiger partial charge in [-0.05, 0) is 49.2 Å². The number of benzene rings is 1. The minimum absolute atomic E-state index is 0.102. The predicted octanol–water partition coefficient (Wildman–Crippen LogP) is 3.61. The topological polar surface area (TPSA) is 29.9 Å². The van der Waals surface area contributed by atoms with E-state index in [1.165, 1.54) is 6.07 Å². The molecule has 5 heteroatoms. The highest BCUT2D eigenvalue weighted by Crippen LogP contribution is 2.21. The summed E-state index contributed by atoms with van der Waals surface area (Å²) in [5, 5.41) is 7.93. The molecule has 0 saturated heterocycles. The van der Waals surface area contributed by atoms with Gasteiger partial charge in [0, 0.05) is 17.7 Å². The van der Waals surface area contributed by atoms with Crippen LogP contribution in [0.4, 0.5) is 4.39 Å². The second-order valence-electron chi connectivity index (χ2n) is 4.90. The van der Waals surface area contributed by atoms with Gasteiger partial charge in [-0.3, -0.25) is 4.68 Å². The average Bonchev–Trinajstić information content (AvgIpc) is 2.80. The molecule has 0 aliphatic rings. The van der Waals surface area contributed by atoms with Crippen LogP contribution in [-0.2, 0) is 13.5 Å². The van der Waals surface area contributed by atoms with Gasteiger partial charge in [-0.25, -0.2) is 4.39 Å². The molecule has 0 amide bonds. The van der Waals surface area contributed by atoms with Gasteiger partial charge < -0.3 is 5.32 Å². The Kier molecular flexibility index (Phi) is 5.31. The summed E-state index contributed by atoms with van der Waals surface area (Å²) in [6.45, 7) is 3.04. The molecule has 3 nitrogen and oxygen atoms in total. The second-order valence-corrected chi connectivity index (χ2v) is 5.82. The van der Waals surface area contributed by atoms with Crippen molar-refractivity contribution in [3.05, 3.63) is 52.0 Å². The quantitative estimate of drug-likeness (QED) is 0.871. The lowest BCUT2D eigenvalue weighted by atomic mass is 10.0. The van der Waals surface area contributed by atoms with Crippen molar-refractivity contribution in [2.75, 3.05) is 6.54 Å². The van der Waals surface area contributed by atoms with Crippen LogP contribution in [0.25, 0.3) is 0 Å². The molecule has 0 aliphatic heterocycles. The van der Waals surface area contributed by atoms with Crippen LogP contribution in [-0.4, -0.2) is 16.3 Å². The van der Waals surface area contributed by atoms with Gasteiger partial charge in [0.2, 0.25) is 0 Å². The third-order valence-electron chi connectivity index (χ3n) is 3.09. The first kappa shape index (κ1) is 15.2. The lowest BCUT2D eigenvalue weighted by Crippen LogP contribution is -2.24. The minimum Gasteiger partial charge on any atom is -0.308 e. The molecule has 0 fully saturated rings. The molecule has 108 valence electrons. The van der Waals surface area contributed by atoms with E-state index in [4.69, 9.17) is 0 Å². The Morgan fingerprint density at radius 3 is 2.80 bits per heavy atom. The third kappa shape index (κ3) is 4.15. The van der Waals surface area contributed by atoms with E-state index in [9.17, 15) is 4.39 Å². The molecular formula is C15H19BrFN3. The van der Waals surface area contributed by atoms with Crippen LogP contribution >= 0.6 is 15.9 Å². The molecule has 1 heterocycles. The predicted molar refractivity (Wildman–Crippen MR) is 82.0 cm³/mol. The lowest BCUT2D eigenvalue weighted by molar-refractivity contribution is 0.509. The number of nitrogens with zero attached hydrogens (tertiary/aromatic N) is 2. The van der Waals surface area contributed by atoms with E-state index in [1.54, 1.807) is 10.7 Å². The molecular weight excluding hydrogens is 321 g/mol. The molecule has 1 N–H and O–H groups in total. The first-order valence-corrected chi connectivity index (χ1v) is 7.55. The van der Waals surface area contributed by atoms with Gasteiger partial charge in [0.25, 0.3) is 0 Å². The largest absolute Gasteiger partial charge is 0.308 e. The highest BCUT2D eigenvalue weighted by molar-refractivity contribution is 9.10. The van der Waals surface area contributed by atoms with Crippen molar-refractivity contribution < 1.29 is 4.39 Å². The van der Waals surface area contributed by atoms with Crippen LogP contribution in [0.1, 0.15) is 30.6 Å². The number of aryl methyl sites for hydroxylation is 1. The van der Waals surface area contributed by atoms with E-state index < -0.39 is 0 Å². The van der Waals surface area contributed by atoms with Gasteiger partial charge in [0.1, 0.15) is 5.82 Å². The number of aromatic nitrogens is 2. The lowest BCUT2D eigenvalue weighted by Gasteiger charge is -2.17. The fraction of sp³-hybridized carbons (Fsp3) is 0.400. The zero-order valence-corrected chi connectivity index (χ0v) is 13.3. The first-order chi connectivity index (χ1) is 9.58. The highest BCUT2D eigenvalue weighted by atomic mass is 79.9. The van der Waals surface area contributed by atoms with Gasteiger partial charge in [-0.2, -0.15) is 5.10 Å². The average molecular weight is 340 g/mol. The molecule has 1 unspecified atom stereocenters. The summed E-state index contributed by atoms with van der Waals surface area (Å²) in [7, 11) is 1.90. The maximum atomic E-state index is 13.5. The van der Waals surface area contributed by atoms with E-state index in [-0.39, 0.29) is 11.9 Å². The molecule has 0 radical (unpaired) electrons. The van der Waals surface area contributed by atoms with Gasteiger partial charge in [-0.1, -0.05) is 22.9 Å². The van der Waals surface area contributed by atoms with Gasteiger partial charge >= 0.3 is 0 Å². The zero-order chi connectivity index (χ0) is 14.5. The molecule has 0 saturated carbocycles. The Morgan fingerprint density at radius 2 is 2.20 bits per heavy atom. The summed E-state index contributed by atoms with van der Waals surface area (Å²) >= 11 is 3.34. The van der Waals surface area contributed by atoms with Crippen molar-refractivity contribution in [2.24, 2.45) is 7.05 Å². The van der Waals surface area contributed by atoms with Crippen LogP contribution in [0.3, 0.4) is 0 Å². The van der Waals surface area contributed by atoms with E-state index in [0.717, 1.165) is 28.7 Å². The fourth-order valence-electron chi connectivity index (χ4n) is 2.18. The second kappa shape index (κ2) is 6.99. The van der Waals surface area contributed by atoms with Crippen LogP contribution in [0.5, 0.6) is 0 Å². The summed E-state index contributed by atoms with van der Waals surface area (Å²) < 4.78 is 16.0. The van der Waals surface area contributed by atoms with Crippen LogP contribution in [0.2, 0.25) is 0 Å². The molecule has 20 heavy (non-hydrogen) atoms. The Morgan fingerprint density at radius 1 is 1.40 bits per heavy atom. The van der Waals surface area contributed by atoms with Gasteiger partial charge in [0.15, 0.2) is 0 Å². The minimum atomic E-state index is -0.218. The van der Waals surface area contributed by atoms with Gasteiger partial charge in [-0.15, -0.1) is 0 Å². The monoisotopic (exact) mass is 339 g/mol. The van der Waals surface area contributed by atoms with Gasteiger partial charge in [0.05, 0.1) is 11.7 Å². The zero-order valence-electron chi connectivity index (χ0n) is 11.7. The van der Waals surface area contributed by atoms with E-state index in [2.05, 4.69) is 33.3 Å². The molecule has 0 spiro atoms. The Balaban J connectivity index is 2.18. The third-order valence-corrected chi connectivity index (χ3v) is 3.55. The maximum Gasteiger partial charge on any atom is 0.124 e. The first-order valence-electron chi connectivity index (χ1n) is 6.76. The van der Waals surface area contributed by atoms with Crippen LogP contribution in [0.15, 0.2) is 34.9 Å². The molecule has 1 aromatic carbocycles. The van der Waals surface area contributed by atoms with Crippen molar-refractivity contribution in [2.45, 2.75) is 25.8 Å². The van der Waals surface area contributed by atoms with E-state index in [0.29, 0.717) is 6.42 Å². The molecule has 0 bridgehead atoms. The van der Waals surface area contributed by atoms with E-state index >= 15 is 0 Å². The Hall–Kier alpha value is -1.20. The molecule has 1 atom stereocenters. The molecule has 2 aromatic rings. The summed E-state index contributed by atoms with van der Waals surface area (Å²) in [5.41, 5.74) is 1.94. The van der Waals surface area contributed by atoms with Crippen molar-refractivity contribution >= 4 is 15.9 Å². The SMILES string of the molecule is CCCNC(Cc1cc(F)cc(Br)c1)c1ccn(C)n1. The Bertz CT molecular complexity index is 548. The number of hydrogen-bond donors (Lipinski definition) is 1. The number of rotatable bonds is 6. The standard InChI is InChI=1S/C15H19BrFN3/c1-3-5-18-15(14-4-6-20(2)19-14)9-11-7-12(16)10-13(17)8-11/h4,6-8,10,15,18H,3,5,9H2,1-2H3. The van der Waals surface area contributed by atoms with Crippen molar-refractivity contribution in [3.8, 4) is 0 Å². The molecule has 2 rings (SSSR count). The number of halogens is 2. The maximum absolute atomic E-state index is 13.5. The van der Waals surface area contributed by atoms with Crippen LogP contribution in [0, 0.1) is 5.82 Å². The molecule has 1 aromatic heterocycles. The summed E-state index contributed by atoms with van der Waals surface area (Å²) in [4.78, 5) is 0. The summed E-state index contributed by atoms with van der Waals surface area (Å²) in [6.07, 6.45) is 3.70. The normalized spacial score (nSPS) is 12.6. The van der Waals surface area contributed by atoms with E-state index in [1.807, 2.05) is 25.4 Å².